The molecule has 2 aromatic heterocycles. The number of benzene rings is 2. The van der Waals surface area contributed by atoms with Crippen molar-refractivity contribution in [2.75, 3.05) is 55.6 Å². The summed E-state index contributed by atoms with van der Waals surface area (Å²) in [5.41, 5.74) is 3.19. The van der Waals surface area contributed by atoms with Crippen LogP contribution in [0, 0.1) is 23.1 Å². The van der Waals surface area contributed by atoms with E-state index in [9.17, 15) is 24.4 Å². The number of carbonyl (C=O) groups is 4. The lowest BCUT2D eigenvalue weighted by molar-refractivity contribution is -0.136. The maximum Gasteiger partial charge on any atom is 0.255 e. The van der Waals surface area contributed by atoms with Gasteiger partial charge in [-0.05, 0) is 105 Å². The first-order chi connectivity index (χ1) is 29.2. The molecule has 0 unspecified atom stereocenters. The molecule has 0 bridgehead atoms. The van der Waals surface area contributed by atoms with E-state index in [-0.39, 0.29) is 54.8 Å². The number of piperidine rings is 2. The molecule has 4 fully saturated rings. The lowest BCUT2D eigenvalue weighted by Crippen LogP contribution is -2.52. The number of amides is 4. The van der Waals surface area contributed by atoms with Gasteiger partial charge in [-0.3, -0.25) is 34.4 Å². The van der Waals surface area contributed by atoms with Crippen LogP contribution in [0.3, 0.4) is 0 Å². The number of pyridine rings is 2. The molecule has 14 nitrogen and oxygen atoms in total. The highest BCUT2D eigenvalue weighted by atomic mass is 19.1. The number of rotatable bonds is 9. The monoisotopic (exact) mass is 813 g/mol. The molecule has 0 radical (unpaired) electrons. The highest BCUT2D eigenvalue weighted by Gasteiger charge is 2.40. The number of carbonyl (C=O) groups excluding carboxylic acids is 4. The molecule has 4 aromatic rings. The molecule has 9 rings (SSSR count). The zero-order valence-electron chi connectivity index (χ0n) is 33.4. The number of imide groups is 1. The number of nitrogens with zero attached hydrogens (tertiary/aromatic N) is 7. The Hall–Kier alpha value is -6.14. The number of anilines is 2. The number of nitrogens with one attached hydrogen (secondary N) is 2. The SMILES string of the molecule is N#Cc1ccc(O[C@H]2CC[C@H](NC(=O)c3ccc(N4CCC(CN5CCN(c6cc7c(cc6F)C(=O)N([C@H]6CCC(=O)NC6=O)C7)CC5)CC4)nc3)CC2)c2cccnc12. The van der Waals surface area contributed by atoms with Crippen LogP contribution >= 0.6 is 0 Å². The first-order valence-electron chi connectivity index (χ1n) is 21.1. The van der Waals surface area contributed by atoms with Gasteiger partial charge in [-0.2, -0.15) is 5.26 Å². The fourth-order valence-corrected chi connectivity index (χ4v) is 9.52. The Morgan fingerprint density at radius 2 is 1.72 bits per heavy atom. The third kappa shape index (κ3) is 8.08. The van der Waals surface area contributed by atoms with E-state index in [1.54, 1.807) is 24.5 Å². The van der Waals surface area contributed by atoms with E-state index in [2.05, 4.69) is 36.5 Å². The first-order valence-corrected chi connectivity index (χ1v) is 21.1. The summed E-state index contributed by atoms with van der Waals surface area (Å²) >= 11 is 0. The molecule has 2 N–H and O–H groups in total. The van der Waals surface area contributed by atoms with E-state index in [1.165, 1.54) is 11.0 Å². The van der Waals surface area contributed by atoms with E-state index < -0.39 is 17.8 Å². The van der Waals surface area contributed by atoms with Crippen molar-refractivity contribution in [2.24, 2.45) is 5.92 Å². The minimum atomic E-state index is -0.729. The Morgan fingerprint density at radius 1 is 0.917 bits per heavy atom. The third-order valence-electron chi connectivity index (χ3n) is 12.9. The van der Waals surface area contributed by atoms with Gasteiger partial charge in [0.05, 0.1) is 28.4 Å². The van der Waals surface area contributed by atoms with Crippen LogP contribution in [-0.4, -0.2) is 107 Å². The Morgan fingerprint density at radius 3 is 2.45 bits per heavy atom. The quantitative estimate of drug-likeness (QED) is 0.228. The highest BCUT2D eigenvalue weighted by Crippen LogP contribution is 2.34. The summed E-state index contributed by atoms with van der Waals surface area (Å²) < 4.78 is 21.8. The number of nitriles is 1. The van der Waals surface area contributed by atoms with Crippen molar-refractivity contribution in [1.82, 2.24) is 30.4 Å². The summed E-state index contributed by atoms with van der Waals surface area (Å²) in [6, 6.07) is 15.8. The molecule has 4 amide bonds. The Balaban J connectivity index is 0.702. The lowest BCUT2D eigenvalue weighted by atomic mass is 9.92. The summed E-state index contributed by atoms with van der Waals surface area (Å²) in [6.45, 7) is 5.95. The van der Waals surface area contributed by atoms with Crippen molar-refractivity contribution in [3.63, 3.8) is 0 Å². The maximum absolute atomic E-state index is 15.4. The second-order valence-electron chi connectivity index (χ2n) is 16.7. The van der Waals surface area contributed by atoms with Crippen LogP contribution in [0.25, 0.3) is 10.9 Å². The molecule has 1 aliphatic carbocycles. The van der Waals surface area contributed by atoms with E-state index >= 15 is 4.39 Å². The standard InChI is InChI=1S/C45H48FN9O5/c46-36-23-35-31(27-55(45(35)59)37-9-12-41(56)51-44(37)58)22-38(36)53-20-18-52(19-21-53)26-28-13-16-54(17-14-28)40-11-4-30(25-49-40)43(57)50-32-5-7-33(8-6-32)60-39-10-3-29(24-47)42-34(39)2-1-15-48-42/h1-4,10-11,15,22-23,25,28,32-33,37H,5-9,12-14,16-21,26-27H2,(H,50,57)(H,51,56,58)/t32-,33-,37-/m0/s1. The van der Waals surface area contributed by atoms with Gasteiger partial charge < -0.3 is 24.8 Å². The van der Waals surface area contributed by atoms with E-state index in [1.807, 2.05) is 35.2 Å². The van der Waals surface area contributed by atoms with Crippen LogP contribution in [0.1, 0.15) is 83.2 Å². The predicted molar refractivity (Wildman–Crippen MR) is 221 cm³/mol. The zero-order valence-corrected chi connectivity index (χ0v) is 33.4. The average Bonchev–Trinajstić information content (AvgIpc) is 3.58. The van der Waals surface area contributed by atoms with Crippen molar-refractivity contribution in [3.8, 4) is 11.8 Å². The number of hydrogen-bond acceptors (Lipinski definition) is 11. The molecule has 3 saturated heterocycles. The molecule has 15 heteroatoms. The fraction of sp³-hybridized carbons (Fsp3) is 0.444. The van der Waals surface area contributed by atoms with Gasteiger partial charge in [0.25, 0.3) is 11.8 Å². The van der Waals surface area contributed by atoms with Crippen molar-refractivity contribution >= 4 is 46.0 Å². The number of fused-ring (bicyclic) bond motifs is 2. The van der Waals surface area contributed by atoms with Crippen LogP contribution in [0.5, 0.6) is 5.75 Å². The minimum Gasteiger partial charge on any atom is -0.490 e. The molecule has 2 aromatic carbocycles. The second kappa shape index (κ2) is 16.8. The van der Waals surface area contributed by atoms with E-state index in [0.717, 1.165) is 88.2 Å². The van der Waals surface area contributed by atoms with E-state index in [4.69, 9.17) is 4.74 Å². The largest absolute Gasteiger partial charge is 0.490 e. The number of aromatic nitrogens is 2. The molecule has 1 atom stereocenters. The van der Waals surface area contributed by atoms with Gasteiger partial charge in [0.1, 0.15) is 29.5 Å². The van der Waals surface area contributed by atoms with Gasteiger partial charge in [-0.1, -0.05) is 0 Å². The minimum absolute atomic E-state index is 0.0240. The molecule has 4 aliphatic heterocycles. The van der Waals surface area contributed by atoms with Crippen LogP contribution in [0.2, 0.25) is 0 Å². The molecular weight excluding hydrogens is 766 g/mol. The summed E-state index contributed by atoms with van der Waals surface area (Å²) in [5, 5.41) is 15.8. The van der Waals surface area contributed by atoms with Gasteiger partial charge >= 0.3 is 0 Å². The summed E-state index contributed by atoms with van der Waals surface area (Å²) in [4.78, 5) is 67.7. The highest BCUT2D eigenvalue weighted by molar-refractivity contribution is 6.05. The smallest absolute Gasteiger partial charge is 0.255 e. The van der Waals surface area contributed by atoms with Crippen molar-refractivity contribution in [1.29, 1.82) is 5.26 Å². The fourth-order valence-electron chi connectivity index (χ4n) is 9.52. The average molecular weight is 814 g/mol. The topological polar surface area (TPSA) is 164 Å². The van der Waals surface area contributed by atoms with Crippen molar-refractivity contribution in [3.05, 3.63) is 89.0 Å². The van der Waals surface area contributed by atoms with Crippen LogP contribution < -0.4 is 25.2 Å². The second-order valence-corrected chi connectivity index (χ2v) is 16.7. The van der Waals surface area contributed by atoms with Crippen LogP contribution in [0.15, 0.2) is 60.9 Å². The summed E-state index contributed by atoms with van der Waals surface area (Å²) in [7, 11) is 0. The van der Waals surface area contributed by atoms with Gasteiger partial charge in [0, 0.05) is 88.2 Å². The molecular formula is C45H48FN9O5. The maximum atomic E-state index is 15.4. The lowest BCUT2D eigenvalue weighted by Gasteiger charge is -2.40. The number of piperazine rings is 1. The van der Waals surface area contributed by atoms with E-state index in [0.29, 0.717) is 46.9 Å². The molecule has 60 heavy (non-hydrogen) atoms. The number of ether oxygens (including phenoxy) is 1. The summed E-state index contributed by atoms with van der Waals surface area (Å²) in [6.07, 6.45) is 9.13. The predicted octanol–water partition coefficient (Wildman–Crippen LogP) is 4.56. The molecule has 6 heterocycles. The van der Waals surface area contributed by atoms with Crippen LogP contribution in [0.4, 0.5) is 15.9 Å². The van der Waals surface area contributed by atoms with Gasteiger partial charge in [-0.15, -0.1) is 0 Å². The Kier molecular flexibility index (Phi) is 11.0. The van der Waals surface area contributed by atoms with Crippen molar-refractivity contribution < 1.29 is 28.3 Å². The zero-order chi connectivity index (χ0) is 41.3. The number of hydrogen-bond donors (Lipinski definition) is 2. The third-order valence-corrected chi connectivity index (χ3v) is 12.9. The summed E-state index contributed by atoms with van der Waals surface area (Å²) in [5.74, 6) is 0.402. The molecule has 1 saturated carbocycles. The molecule has 5 aliphatic rings. The van der Waals surface area contributed by atoms with Crippen molar-refractivity contribution in [2.45, 2.75) is 76.1 Å². The number of halogens is 1. The Bertz CT molecular complexity index is 2350. The normalized spacial score (nSPS) is 22.7. The van der Waals surface area contributed by atoms with Crippen LogP contribution in [-0.2, 0) is 16.1 Å². The molecule has 0 spiro atoms. The first kappa shape index (κ1) is 39.3. The van der Waals surface area contributed by atoms with Gasteiger partial charge in [0.2, 0.25) is 11.8 Å². The Labute approximate surface area is 347 Å². The molecule has 310 valence electrons. The van der Waals surface area contributed by atoms with Gasteiger partial charge in [0.15, 0.2) is 0 Å². The van der Waals surface area contributed by atoms with Gasteiger partial charge in [-0.25, -0.2) is 9.37 Å².